The zero-order valence-electron chi connectivity index (χ0n) is 7.86. The summed E-state index contributed by atoms with van der Waals surface area (Å²) in [5.74, 6) is -0.726. The molecule has 0 heterocycles. The molecule has 0 aliphatic rings. The molecule has 0 amide bonds. The molecule has 0 aliphatic heterocycles. The number of carbonyl (C=O) groups excluding carboxylic acids is 1. The number of rotatable bonds is 2. The molecule has 1 aromatic carbocycles. The summed E-state index contributed by atoms with van der Waals surface area (Å²) in [5, 5.41) is 0. The van der Waals surface area contributed by atoms with Gasteiger partial charge in [-0.25, -0.2) is 0 Å². The molecule has 0 saturated carbocycles. The number of ketones is 1. The predicted octanol–water partition coefficient (Wildman–Crippen LogP) is 4.15. The van der Waals surface area contributed by atoms with E-state index in [0.29, 0.717) is 0 Å². The Hall–Kier alpha value is -0.310. The highest BCUT2D eigenvalue weighted by molar-refractivity contribution is 14.1. The van der Waals surface area contributed by atoms with Crippen LogP contribution in [0.2, 0.25) is 0 Å². The minimum absolute atomic E-state index is 0.0178. The van der Waals surface area contributed by atoms with E-state index in [1.807, 2.05) is 0 Å². The first kappa shape index (κ1) is 13.8. The summed E-state index contributed by atoms with van der Waals surface area (Å²) in [6.45, 7) is 1.27. The van der Waals surface area contributed by atoms with Gasteiger partial charge >= 0.3 is 6.36 Å². The van der Waals surface area contributed by atoms with Crippen LogP contribution in [0.5, 0.6) is 5.75 Å². The van der Waals surface area contributed by atoms with Crippen molar-refractivity contribution >= 4 is 44.3 Å². The Morgan fingerprint density at radius 2 is 2.00 bits per heavy atom. The van der Waals surface area contributed by atoms with Crippen LogP contribution in [0.15, 0.2) is 16.6 Å². The van der Waals surface area contributed by atoms with Crippen LogP contribution in [-0.2, 0) is 0 Å². The van der Waals surface area contributed by atoms with Crippen LogP contribution in [-0.4, -0.2) is 12.1 Å². The van der Waals surface area contributed by atoms with Gasteiger partial charge in [-0.3, -0.25) is 4.79 Å². The zero-order valence-corrected chi connectivity index (χ0v) is 11.6. The Bertz CT molecular complexity index is 431. The van der Waals surface area contributed by atoms with Crippen molar-refractivity contribution in [3.05, 3.63) is 25.7 Å². The molecule has 0 spiro atoms. The fraction of sp³-hybridized carbons (Fsp3) is 0.222. The Labute approximate surface area is 111 Å². The number of ether oxygens (including phenoxy) is 1. The molecule has 0 saturated heterocycles. The summed E-state index contributed by atoms with van der Waals surface area (Å²) >= 11 is 4.63. The minimum atomic E-state index is -4.78. The second-order valence-corrected chi connectivity index (χ2v) is 4.80. The van der Waals surface area contributed by atoms with Crippen LogP contribution in [0, 0.1) is 3.57 Å². The van der Waals surface area contributed by atoms with E-state index in [1.165, 1.54) is 19.1 Å². The number of hydrogen-bond donors (Lipinski definition) is 0. The molecule has 0 unspecified atom stereocenters. The van der Waals surface area contributed by atoms with Crippen LogP contribution in [0.25, 0.3) is 0 Å². The van der Waals surface area contributed by atoms with Gasteiger partial charge in [-0.1, -0.05) is 0 Å². The number of hydrogen-bond acceptors (Lipinski definition) is 2. The first-order valence-electron chi connectivity index (χ1n) is 3.97. The zero-order chi connectivity index (χ0) is 12.5. The van der Waals surface area contributed by atoms with Gasteiger partial charge in [-0.05, 0) is 57.6 Å². The van der Waals surface area contributed by atoms with Gasteiger partial charge in [0.05, 0.1) is 8.04 Å². The molecule has 2 nitrogen and oxygen atoms in total. The standard InChI is InChI=1S/C9H5BrF3IO2/c1-4(15)5-2-3-6(14)8(7(5)10)16-9(11,12)13/h2-3H,1H3. The second kappa shape index (κ2) is 4.91. The van der Waals surface area contributed by atoms with Gasteiger partial charge in [0.2, 0.25) is 0 Å². The largest absolute Gasteiger partial charge is 0.573 e. The van der Waals surface area contributed by atoms with Gasteiger partial charge in [0.1, 0.15) is 0 Å². The quantitative estimate of drug-likeness (QED) is 0.542. The SMILES string of the molecule is CC(=O)c1ccc(I)c(OC(F)(F)F)c1Br. The molecule has 7 heteroatoms. The van der Waals surface area contributed by atoms with Crippen molar-refractivity contribution in [3.63, 3.8) is 0 Å². The summed E-state index contributed by atoms with van der Waals surface area (Å²) in [7, 11) is 0. The lowest BCUT2D eigenvalue weighted by Crippen LogP contribution is -2.18. The van der Waals surface area contributed by atoms with E-state index in [0.717, 1.165) is 0 Å². The third-order valence-corrected chi connectivity index (χ3v) is 3.28. The molecule has 1 rings (SSSR count). The smallest absolute Gasteiger partial charge is 0.403 e. The van der Waals surface area contributed by atoms with E-state index >= 15 is 0 Å². The summed E-state index contributed by atoms with van der Waals surface area (Å²) in [5.41, 5.74) is 0.152. The molecule has 0 radical (unpaired) electrons. The van der Waals surface area contributed by atoms with E-state index < -0.39 is 6.36 Å². The molecule has 0 fully saturated rings. The average molecular weight is 409 g/mol. The van der Waals surface area contributed by atoms with E-state index in [-0.39, 0.29) is 25.1 Å². The third kappa shape index (κ3) is 3.34. The third-order valence-electron chi connectivity index (χ3n) is 1.65. The van der Waals surface area contributed by atoms with E-state index in [2.05, 4.69) is 20.7 Å². The maximum Gasteiger partial charge on any atom is 0.573 e. The molecule has 0 atom stereocenters. The Morgan fingerprint density at radius 3 is 2.44 bits per heavy atom. The van der Waals surface area contributed by atoms with E-state index in [1.54, 1.807) is 22.6 Å². The van der Waals surface area contributed by atoms with Crippen molar-refractivity contribution in [2.75, 3.05) is 0 Å². The van der Waals surface area contributed by atoms with Crippen LogP contribution in [0.1, 0.15) is 17.3 Å². The lowest BCUT2D eigenvalue weighted by molar-refractivity contribution is -0.275. The first-order chi connectivity index (χ1) is 7.22. The summed E-state index contributed by atoms with van der Waals surface area (Å²) in [6.07, 6.45) is -4.78. The van der Waals surface area contributed by atoms with Crippen molar-refractivity contribution in [2.45, 2.75) is 13.3 Å². The Kier molecular flexibility index (Phi) is 4.22. The maximum atomic E-state index is 12.1. The van der Waals surface area contributed by atoms with Gasteiger partial charge in [0, 0.05) is 5.56 Å². The molecule has 16 heavy (non-hydrogen) atoms. The topological polar surface area (TPSA) is 26.3 Å². The van der Waals surface area contributed by atoms with Gasteiger partial charge in [-0.15, -0.1) is 13.2 Å². The van der Waals surface area contributed by atoms with Crippen molar-refractivity contribution in [1.29, 1.82) is 0 Å². The molecule has 88 valence electrons. The molecule has 0 bridgehead atoms. The van der Waals surface area contributed by atoms with Gasteiger partial charge in [-0.2, -0.15) is 0 Å². The lowest BCUT2D eigenvalue weighted by Gasteiger charge is -2.13. The van der Waals surface area contributed by atoms with Crippen molar-refractivity contribution in [2.24, 2.45) is 0 Å². The molecule has 0 N–H and O–H groups in total. The van der Waals surface area contributed by atoms with Gasteiger partial charge < -0.3 is 4.74 Å². The molecule has 1 aromatic rings. The highest BCUT2D eigenvalue weighted by Crippen LogP contribution is 2.37. The van der Waals surface area contributed by atoms with Crippen LogP contribution in [0.3, 0.4) is 0 Å². The number of carbonyl (C=O) groups is 1. The van der Waals surface area contributed by atoms with Crippen molar-refractivity contribution in [3.8, 4) is 5.75 Å². The fourth-order valence-electron chi connectivity index (χ4n) is 1.01. The number of alkyl halides is 3. The molecular weight excluding hydrogens is 404 g/mol. The Morgan fingerprint density at radius 1 is 1.44 bits per heavy atom. The fourth-order valence-corrected chi connectivity index (χ4v) is 2.65. The number of benzene rings is 1. The summed E-state index contributed by atoms with van der Waals surface area (Å²) in [4.78, 5) is 11.1. The average Bonchev–Trinajstić information content (AvgIpc) is 2.10. The summed E-state index contributed by atoms with van der Waals surface area (Å²) in [6, 6.07) is 2.83. The predicted molar refractivity (Wildman–Crippen MR) is 63.5 cm³/mol. The van der Waals surface area contributed by atoms with E-state index in [9.17, 15) is 18.0 Å². The maximum absolute atomic E-state index is 12.1. The Balaban J connectivity index is 3.27. The normalized spacial score (nSPS) is 11.4. The highest BCUT2D eigenvalue weighted by Gasteiger charge is 2.33. The van der Waals surface area contributed by atoms with E-state index in [4.69, 9.17) is 0 Å². The minimum Gasteiger partial charge on any atom is -0.403 e. The van der Waals surface area contributed by atoms with Crippen LogP contribution < -0.4 is 4.74 Å². The highest BCUT2D eigenvalue weighted by atomic mass is 127. The van der Waals surface area contributed by atoms with Crippen molar-refractivity contribution < 1.29 is 22.7 Å². The summed E-state index contributed by atoms with van der Waals surface area (Å²) < 4.78 is 40.4. The van der Waals surface area contributed by atoms with Gasteiger partial charge in [0.25, 0.3) is 0 Å². The lowest BCUT2D eigenvalue weighted by atomic mass is 10.1. The van der Waals surface area contributed by atoms with Gasteiger partial charge in [0.15, 0.2) is 11.5 Å². The first-order valence-corrected chi connectivity index (χ1v) is 5.84. The number of halogens is 5. The van der Waals surface area contributed by atoms with Crippen molar-refractivity contribution in [1.82, 2.24) is 0 Å². The second-order valence-electron chi connectivity index (χ2n) is 2.84. The van der Waals surface area contributed by atoms with Crippen LogP contribution in [0.4, 0.5) is 13.2 Å². The molecule has 0 aromatic heterocycles. The molecular formula is C9H5BrF3IO2. The number of Topliss-reactive ketones (excluding diaryl/α,β-unsaturated/α-hetero) is 1. The molecule has 0 aliphatic carbocycles. The monoisotopic (exact) mass is 408 g/mol. The van der Waals surface area contributed by atoms with Crippen LogP contribution >= 0.6 is 38.5 Å².